The topological polar surface area (TPSA) is 143 Å². The maximum absolute atomic E-state index is 12.6. The first-order chi connectivity index (χ1) is 23.2. The molecule has 3 unspecified atom stereocenters. The van der Waals surface area contributed by atoms with Crippen LogP contribution < -0.4 is 14.4 Å². The Kier molecular flexibility index (Phi) is 8.49. The molecule has 3 atom stereocenters. The van der Waals surface area contributed by atoms with Crippen LogP contribution in [0.15, 0.2) is 49.2 Å². The van der Waals surface area contributed by atoms with E-state index in [1.165, 1.54) is 18.2 Å². The average Bonchev–Trinajstić information content (AvgIpc) is 3.52. The highest BCUT2D eigenvalue weighted by atomic mass is 16.6. The van der Waals surface area contributed by atoms with E-state index in [4.69, 9.17) is 28.9 Å². The molecule has 2 bridgehead atoms. The van der Waals surface area contributed by atoms with Gasteiger partial charge in [-0.3, -0.25) is 9.88 Å². The number of hydrogen-bond acceptors (Lipinski definition) is 12. The summed E-state index contributed by atoms with van der Waals surface area (Å²) in [7, 11) is 1.62. The van der Waals surface area contributed by atoms with Crippen LogP contribution in [0.2, 0.25) is 0 Å². The lowest BCUT2D eigenvalue weighted by molar-refractivity contribution is -0.0557. The zero-order valence-electron chi connectivity index (χ0n) is 27.6. The lowest BCUT2D eigenvalue weighted by Gasteiger charge is -2.56. The molecule has 8 heterocycles. The van der Waals surface area contributed by atoms with Crippen molar-refractivity contribution >= 4 is 17.4 Å². The molecule has 0 saturated carbocycles. The number of pyridine rings is 2. The van der Waals surface area contributed by atoms with Crippen molar-refractivity contribution in [1.29, 1.82) is 5.26 Å². The maximum atomic E-state index is 12.6. The molecule has 0 N–H and O–H groups in total. The Labute approximate surface area is 278 Å². The second kappa shape index (κ2) is 12.9. The number of hydrogen-bond donors (Lipinski definition) is 0. The van der Waals surface area contributed by atoms with Crippen molar-refractivity contribution in [3.8, 4) is 29.0 Å². The van der Waals surface area contributed by atoms with E-state index in [0.717, 1.165) is 25.5 Å². The van der Waals surface area contributed by atoms with E-state index < -0.39 is 5.60 Å². The fraction of sp³-hybridized carbons (Fsp3) is 0.471. The van der Waals surface area contributed by atoms with Gasteiger partial charge in [-0.05, 0) is 38.8 Å². The number of anilines is 1. The number of fused-ring (bicyclic) bond motifs is 3. The molecule has 250 valence electrons. The molecular formula is C34H39N9O5. The summed E-state index contributed by atoms with van der Waals surface area (Å²) in [6.45, 7) is 9.55. The second-order valence-corrected chi connectivity index (χ2v) is 13.4. The fourth-order valence-electron chi connectivity index (χ4n) is 6.55. The Hall–Kier alpha value is -5.00. The van der Waals surface area contributed by atoms with E-state index in [-0.39, 0.29) is 18.8 Å². The van der Waals surface area contributed by atoms with Gasteiger partial charge in [-0.2, -0.15) is 10.4 Å². The van der Waals surface area contributed by atoms with Gasteiger partial charge < -0.3 is 28.7 Å². The van der Waals surface area contributed by atoms with Gasteiger partial charge in [0.25, 0.3) is 0 Å². The molecule has 4 saturated heterocycles. The van der Waals surface area contributed by atoms with Crippen molar-refractivity contribution in [3.05, 3.63) is 60.3 Å². The van der Waals surface area contributed by atoms with E-state index >= 15 is 0 Å². The number of carbonyl (C=O) groups excluding carboxylic acids is 1. The van der Waals surface area contributed by atoms with Crippen LogP contribution >= 0.6 is 0 Å². The summed E-state index contributed by atoms with van der Waals surface area (Å²) in [5, 5.41) is 14.2. The minimum absolute atomic E-state index is 0.213. The lowest BCUT2D eigenvalue weighted by atomic mass is 9.87. The summed E-state index contributed by atoms with van der Waals surface area (Å²) in [6.07, 6.45) is 9.14. The third-order valence-corrected chi connectivity index (χ3v) is 8.89. The summed E-state index contributed by atoms with van der Waals surface area (Å²) in [5.74, 6) is 1.97. The number of rotatable bonds is 8. The second-order valence-electron chi connectivity index (χ2n) is 13.4. The summed E-state index contributed by atoms with van der Waals surface area (Å²) >= 11 is 0. The SMILES string of the molecule is COc1ccc(CN2C3CC2CN(c2cnc(-c4cc(OCC5CN(C(=O)OC(C)(C)C)CCO5)cn5ncc(C#N)c45)cn2)C3)cn1. The zero-order valence-corrected chi connectivity index (χ0v) is 27.6. The molecule has 0 radical (unpaired) electrons. The van der Waals surface area contributed by atoms with Crippen molar-refractivity contribution in [3.63, 3.8) is 0 Å². The molecule has 4 aliphatic heterocycles. The number of aromatic nitrogens is 5. The van der Waals surface area contributed by atoms with Gasteiger partial charge in [-0.1, -0.05) is 6.07 Å². The lowest BCUT2D eigenvalue weighted by Crippen LogP contribution is -2.68. The van der Waals surface area contributed by atoms with Gasteiger partial charge in [0.1, 0.15) is 35.9 Å². The number of morpholine rings is 1. The molecule has 4 fully saturated rings. The first-order valence-corrected chi connectivity index (χ1v) is 16.1. The predicted molar refractivity (Wildman–Crippen MR) is 175 cm³/mol. The summed E-state index contributed by atoms with van der Waals surface area (Å²) in [6, 6.07) is 8.93. The third kappa shape index (κ3) is 6.56. The molecule has 0 aliphatic carbocycles. The molecule has 1 amide bonds. The fourth-order valence-corrected chi connectivity index (χ4v) is 6.55. The molecule has 0 aromatic carbocycles. The summed E-state index contributed by atoms with van der Waals surface area (Å²) in [4.78, 5) is 33.0. The normalized spacial score (nSPS) is 21.0. The highest BCUT2D eigenvalue weighted by Crippen LogP contribution is 2.36. The van der Waals surface area contributed by atoms with Crippen LogP contribution in [0, 0.1) is 11.3 Å². The first kappa shape index (κ1) is 31.6. The van der Waals surface area contributed by atoms with E-state index in [1.807, 2.05) is 39.1 Å². The molecule has 4 aromatic heterocycles. The smallest absolute Gasteiger partial charge is 0.410 e. The van der Waals surface area contributed by atoms with Crippen molar-refractivity contribution < 1.29 is 23.7 Å². The van der Waals surface area contributed by atoms with Gasteiger partial charge in [-0.15, -0.1) is 0 Å². The van der Waals surface area contributed by atoms with E-state index in [2.05, 4.69) is 32.0 Å². The van der Waals surface area contributed by atoms with Crippen LogP contribution in [0.5, 0.6) is 11.6 Å². The first-order valence-electron chi connectivity index (χ1n) is 16.1. The van der Waals surface area contributed by atoms with Crippen molar-refractivity contribution in [2.75, 3.05) is 51.4 Å². The Balaban J connectivity index is 1.03. The molecule has 0 spiro atoms. The number of nitrogens with zero attached hydrogens (tertiary/aromatic N) is 9. The predicted octanol–water partition coefficient (Wildman–Crippen LogP) is 3.54. The van der Waals surface area contributed by atoms with Gasteiger partial charge in [-0.25, -0.2) is 19.3 Å². The number of nitriles is 1. The number of amides is 1. The van der Waals surface area contributed by atoms with E-state index in [9.17, 15) is 10.1 Å². The maximum Gasteiger partial charge on any atom is 0.410 e. The summed E-state index contributed by atoms with van der Waals surface area (Å²) in [5.41, 5.74) is 2.93. The Morgan fingerprint density at radius 1 is 1.08 bits per heavy atom. The number of piperazine rings is 1. The van der Waals surface area contributed by atoms with Gasteiger partial charge >= 0.3 is 6.09 Å². The van der Waals surface area contributed by atoms with Gasteiger partial charge in [0.15, 0.2) is 0 Å². The van der Waals surface area contributed by atoms with E-state index in [0.29, 0.717) is 65.7 Å². The van der Waals surface area contributed by atoms with Crippen LogP contribution in [-0.4, -0.2) is 111 Å². The number of piperidine rings is 1. The standard InChI is InChI=1S/C34H39N9O5/c1-34(2,3)48-33(44)40-7-8-46-27(19-40)21-47-26-10-28(32-23(11-35)13-39-43(32)20-26)29-14-37-30(15-36-29)41-17-24-9-25(18-41)42(24)16-22-5-6-31(45-4)38-12-22/h5-6,10,12-15,20,24-25,27H,7-9,16-19,21H2,1-4H3. The molecule has 8 rings (SSSR count). The highest BCUT2D eigenvalue weighted by molar-refractivity contribution is 5.83. The van der Waals surface area contributed by atoms with Gasteiger partial charge in [0, 0.05) is 56.1 Å². The van der Waals surface area contributed by atoms with E-state index in [1.54, 1.807) is 35.1 Å². The Bertz CT molecular complexity index is 1800. The summed E-state index contributed by atoms with van der Waals surface area (Å²) < 4.78 is 24.4. The third-order valence-electron chi connectivity index (χ3n) is 8.89. The molecule has 48 heavy (non-hydrogen) atoms. The Morgan fingerprint density at radius 2 is 1.92 bits per heavy atom. The minimum atomic E-state index is -0.577. The molecule has 14 nitrogen and oxygen atoms in total. The van der Waals surface area contributed by atoms with Crippen LogP contribution in [-0.2, 0) is 16.0 Å². The minimum Gasteiger partial charge on any atom is -0.489 e. The highest BCUT2D eigenvalue weighted by Gasteiger charge is 2.44. The largest absolute Gasteiger partial charge is 0.489 e. The molecular weight excluding hydrogens is 614 g/mol. The van der Waals surface area contributed by atoms with Crippen LogP contribution in [0.3, 0.4) is 0 Å². The van der Waals surface area contributed by atoms with Crippen molar-refractivity contribution in [2.24, 2.45) is 0 Å². The zero-order chi connectivity index (χ0) is 33.4. The number of ether oxygens (including phenoxy) is 4. The van der Waals surface area contributed by atoms with Crippen LogP contribution in [0.4, 0.5) is 10.6 Å². The molecule has 4 aliphatic rings. The Morgan fingerprint density at radius 3 is 2.60 bits per heavy atom. The van der Waals surface area contributed by atoms with Crippen molar-refractivity contribution in [1.82, 2.24) is 34.4 Å². The van der Waals surface area contributed by atoms with Crippen LogP contribution in [0.25, 0.3) is 16.8 Å². The van der Waals surface area contributed by atoms with Gasteiger partial charge in [0.05, 0.1) is 61.8 Å². The monoisotopic (exact) mass is 653 g/mol. The molecule has 4 aromatic rings. The van der Waals surface area contributed by atoms with Crippen LogP contribution in [0.1, 0.15) is 38.3 Å². The van der Waals surface area contributed by atoms with Crippen molar-refractivity contribution in [2.45, 2.75) is 57.5 Å². The number of carbonyl (C=O) groups is 1. The molecule has 14 heteroatoms. The quantitative estimate of drug-likeness (QED) is 0.274. The average molecular weight is 654 g/mol. The number of methoxy groups -OCH3 is 1. The van der Waals surface area contributed by atoms with Gasteiger partial charge in [0.2, 0.25) is 5.88 Å².